The van der Waals surface area contributed by atoms with E-state index in [-0.39, 0.29) is 29.9 Å². The summed E-state index contributed by atoms with van der Waals surface area (Å²) in [6.45, 7) is 4.86. The molecule has 1 heterocycles. The predicted molar refractivity (Wildman–Crippen MR) is 132 cm³/mol. The van der Waals surface area contributed by atoms with Crippen LogP contribution in [0.25, 0.3) is 0 Å². The van der Waals surface area contributed by atoms with E-state index in [9.17, 15) is 4.79 Å². The van der Waals surface area contributed by atoms with E-state index in [0.717, 1.165) is 36.0 Å². The van der Waals surface area contributed by atoms with Gasteiger partial charge in [-0.2, -0.15) is 0 Å². The van der Waals surface area contributed by atoms with Gasteiger partial charge < -0.3 is 20.9 Å². The van der Waals surface area contributed by atoms with Crippen LogP contribution in [-0.4, -0.2) is 62.5 Å². The molecule has 1 aromatic heterocycles. The summed E-state index contributed by atoms with van der Waals surface area (Å²) >= 11 is 1.72. The SMILES string of the molecule is CN=C(NCCc1ncc(C)s1)NCc1cccc(C(=O)NCCN(C)C)c1.I. The monoisotopic (exact) mass is 530 g/mol. The lowest BCUT2D eigenvalue weighted by molar-refractivity contribution is 0.0951. The summed E-state index contributed by atoms with van der Waals surface area (Å²) in [6.07, 6.45) is 2.76. The molecule has 3 N–H and O–H groups in total. The van der Waals surface area contributed by atoms with Crippen molar-refractivity contribution in [3.05, 3.63) is 51.5 Å². The zero-order valence-electron chi connectivity index (χ0n) is 17.5. The fraction of sp³-hybridized carbons (Fsp3) is 0.450. The van der Waals surface area contributed by atoms with Gasteiger partial charge in [0.2, 0.25) is 0 Å². The molecular formula is C20H31IN6OS. The maximum atomic E-state index is 12.3. The highest BCUT2D eigenvalue weighted by molar-refractivity contribution is 14.0. The van der Waals surface area contributed by atoms with E-state index >= 15 is 0 Å². The Morgan fingerprint density at radius 3 is 2.66 bits per heavy atom. The standard InChI is InChI=1S/C20H30N6OS.HI/c1-15-13-24-18(28-15)8-9-23-20(21-2)25-14-16-6-5-7-17(12-16)19(27)22-10-11-26(3)4;/h5-7,12-13H,8-11,14H2,1-4H3,(H,22,27)(H2,21,23,25);1H. The fourth-order valence-electron chi connectivity index (χ4n) is 2.53. The Hall–Kier alpha value is -1.72. The third-order valence-electron chi connectivity index (χ3n) is 4.02. The minimum Gasteiger partial charge on any atom is -0.356 e. The second kappa shape index (κ2) is 13.5. The Morgan fingerprint density at radius 2 is 2.00 bits per heavy atom. The average molecular weight is 530 g/mol. The molecule has 7 nitrogen and oxygen atoms in total. The highest BCUT2D eigenvalue weighted by atomic mass is 127. The van der Waals surface area contributed by atoms with Crippen molar-refractivity contribution in [1.29, 1.82) is 0 Å². The number of nitrogens with zero attached hydrogens (tertiary/aromatic N) is 3. The normalized spacial score (nSPS) is 11.1. The summed E-state index contributed by atoms with van der Waals surface area (Å²) in [5, 5.41) is 10.6. The highest BCUT2D eigenvalue weighted by Crippen LogP contribution is 2.11. The van der Waals surface area contributed by atoms with Gasteiger partial charge in [-0.25, -0.2) is 4.98 Å². The summed E-state index contributed by atoms with van der Waals surface area (Å²) in [7, 11) is 5.71. The second-order valence-electron chi connectivity index (χ2n) is 6.73. The predicted octanol–water partition coefficient (Wildman–Crippen LogP) is 2.27. The first-order chi connectivity index (χ1) is 13.5. The van der Waals surface area contributed by atoms with E-state index in [4.69, 9.17) is 0 Å². The van der Waals surface area contributed by atoms with Gasteiger partial charge in [-0.05, 0) is 38.7 Å². The van der Waals surface area contributed by atoms with E-state index in [1.165, 1.54) is 4.88 Å². The molecule has 2 aromatic rings. The van der Waals surface area contributed by atoms with Crippen LogP contribution >= 0.6 is 35.3 Å². The molecule has 1 aromatic carbocycles. The maximum absolute atomic E-state index is 12.3. The van der Waals surface area contributed by atoms with Gasteiger partial charge in [0.15, 0.2) is 5.96 Å². The van der Waals surface area contributed by atoms with Crippen LogP contribution in [0.2, 0.25) is 0 Å². The fourth-order valence-corrected chi connectivity index (χ4v) is 3.32. The highest BCUT2D eigenvalue weighted by Gasteiger charge is 2.07. The van der Waals surface area contributed by atoms with Crippen LogP contribution in [0, 0.1) is 6.92 Å². The second-order valence-corrected chi connectivity index (χ2v) is 8.05. The molecule has 0 aliphatic carbocycles. The number of hydrogen-bond donors (Lipinski definition) is 3. The number of thiazole rings is 1. The molecule has 0 radical (unpaired) electrons. The smallest absolute Gasteiger partial charge is 0.251 e. The molecule has 1 amide bonds. The van der Waals surface area contributed by atoms with E-state index in [2.05, 4.69) is 32.9 Å². The largest absolute Gasteiger partial charge is 0.356 e. The molecule has 0 aliphatic rings. The summed E-state index contributed by atoms with van der Waals surface area (Å²) in [4.78, 5) is 24.1. The zero-order valence-corrected chi connectivity index (χ0v) is 20.6. The number of aromatic nitrogens is 1. The van der Waals surface area contributed by atoms with E-state index in [1.54, 1.807) is 18.4 Å². The van der Waals surface area contributed by atoms with Crippen molar-refractivity contribution < 1.29 is 4.79 Å². The van der Waals surface area contributed by atoms with Crippen LogP contribution in [-0.2, 0) is 13.0 Å². The van der Waals surface area contributed by atoms with Crippen molar-refractivity contribution in [1.82, 2.24) is 25.8 Å². The van der Waals surface area contributed by atoms with Crippen LogP contribution in [0.3, 0.4) is 0 Å². The number of amides is 1. The third-order valence-corrected chi connectivity index (χ3v) is 4.99. The molecule has 0 atom stereocenters. The number of carbonyl (C=O) groups is 1. The Kier molecular flexibility index (Phi) is 11.8. The van der Waals surface area contributed by atoms with Crippen LogP contribution in [0.15, 0.2) is 35.5 Å². The number of halogens is 1. The Balaban J connectivity index is 0.00000420. The quantitative estimate of drug-likeness (QED) is 0.263. The molecule has 160 valence electrons. The number of rotatable bonds is 9. The number of carbonyl (C=O) groups excluding carboxylic acids is 1. The Bertz CT molecular complexity index is 793. The Morgan fingerprint density at radius 1 is 1.21 bits per heavy atom. The van der Waals surface area contributed by atoms with Gasteiger partial charge in [0.1, 0.15) is 0 Å². The van der Waals surface area contributed by atoms with Crippen molar-refractivity contribution in [3.63, 3.8) is 0 Å². The number of nitrogens with one attached hydrogen (secondary N) is 3. The van der Waals surface area contributed by atoms with Crippen LogP contribution in [0.1, 0.15) is 25.8 Å². The lowest BCUT2D eigenvalue weighted by Crippen LogP contribution is -2.37. The molecule has 0 saturated heterocycles. The number of benzene rings is 1. The van der Waals surface area contributed by atoms with Gasteiger partial charge >= 0.3 is 0 Å². The lowest BCUT2D eigenvalue weighted by atomic mass is 10.1. The number of hydrogen-bond acceptors (Lipinski definition) is 5. The van der Waals surface area contributed by atoms with Crippen molar-refractivity contribution in [2.45, 2.75) is 19.9 Å². The topological polar surface area (TPSA) is 81.6 Å². The van der Waals surface area contributed by atoms with Crippen molar-refractivity contribution in [3.8, 4) is 0 Å². The summed E-state index contributed by atoms with van der Waals surface area (Å²) in [5.74, 6) is 0.680. The first-order valence-electron chi connectivity index (χ1n) is 9.35. The first-order valence-corrected chi connectivity index (χ1v) is 10.2. The minimum atomic E-state index is -0.0510. The van der Waals surface area contributed by atoms with E-state index in [1.807, 2.05) is 49.5 Å². The van der Waals surface area contributed by atoms with Gasteiger partial charge in [0, 0.05) is 56.3 Å². The van der Waals surface area contributed by atoms with Gasteiger partial charge in [0.25, 0.3) is 5.91 Å². The van der Waals surface area contributed by atoms with Gasteiger partial charge in [0.05, 0.1) is 5.01 Å². The molecule has 0 bridgehead atoms. The maximum Gasteiger partial charge on any atom is 0.251 e. The minimum absolute atomic E-state index is 0. The number of aliphatic imine (C=N–C) groups is 1. The molecule has 9 heteroatoms. The van der Waals surface area contributed by atoms with E-state index in [0.29, 0.717) is 18.7 Å². The van der Waals surface area contributed by atoms with Crippen molar-refractivity contribution in [2.75, 3.05) is 40.8 Å². The number of aryl methyl sites for hydroxylation is 1. The van der Waals surface area contributed by atoms with E-state index < -0.39 is 0 Å². The average Bonchev–Trinajstić information content (AvgIpc) is 3.09. The molecule has 2 rings (SSSR count). The molecule has 29 heavy (non-hydrogen) atoms. The summed E-state index contributed by atoms with van der Waals surface area (Å²) < 4.78 is 0. The zero-order chi connectivity index (χ0) is 20.4. The van der Waals surface area contributed by atoms with Gasteiger partial charge in [-0.15, -0.1) is 35.3 Å². The molecule has 0 spiro atoms. The van der Waals surface area contributed by atoms with Gasteiger partial charge in [-0.1, -0.05) is 12.1 Å². The molecule has 0 saturated carbocycles. The first kappa shape index (κ1) is 25.3. The Labute approximate surface area is 194 Å². The molecule has 0 fully saturated rings. The van der Waals surface area contributed by atoms with Crippen LogP contribution in [0.5, 0.6) is 0 Å². The lowest BCUT2D eigenvalue weighted by Gasteiger charge is -2.13. The van der Waals surface area contributed by atoms with Crippen LogP contribution in [0.4, 0.5) is 0 Å². The molecule has 0 unspecified atom stereocenters. The third kappa shape index (κ3) is 9.55. The molecular weight excluding hydrogens is 499 g/mol. The van der Waals surface area contributed by atoms with Crippen molar-refractivity contribution >= 4 is 47.2 Å². The summed E-state index contributed by atoms with van der Waals surface area (Å²) in [5.41, 5.74) is 1.69. The molecule has 0 aliphatic heterocycles. The summed E-state index contributed by atoms with van der Waals surface area (Å²) in [6, 6.07) is 7.63. The number of guanidine groups is 1. The van der Waals surface area contributed by atoms with Crippen LogP contribution < -0.4 is 16.0 Å². The number of likely N-dealkylation sites (N-methyl/N-ethyl adjacent to an activating group) is 1. The van der Waals surface area contributed by atoms with Crippen molar-refractivity contribution in [2.24, 2.45) is 4.99 Å². The van der Waals surface area contributed by atoms with Gasteiger partial charge in [-0.3, -0.25) is 9.79 Å².